The molecule has 2 aromatic rings. The molecule has 2 N–H and O–H groups in total. The molecule has 0 saturated carbocycles. The van der Waals surface area contributed by atoms with Crippen LogP contribution in [0.2, 0.25) is 5.02 Å². The lowest BCUT2D eigenvalue weighted by Gasteiger charge is -2.09. The first-order valence-electron chi connectivity index (χ1n) is 6.91. The number of amides is 1. The first-order chi connectivity index (χ1) is 11.0. The molecule has 4 nitrogen and oxygen atoms in total. The van der Waals surface area contributed by atoms with Crippen molar-refractivity contribution in [2.24, 2.45) is 0 Å². The largest absolute Gasteiger partial charge is 0.478 e. The Morgan fingerprint density at radius 1 is 1.22 bits per heavy atom. The normalized spacial score (nSPS) is 10.3. The van der Waals surface area contributed by atoms with Gasteiger partial charge in [0.25, 0.3) is 0 Å². The molecule has 1 amide bonds. The van der Waals surface area contributed by atoms with Gasteiger partial charge >= 0.3 is 5.97 Å². The van der Waals surface area contributed by atoms with E-state index in [-0.39, 0.29) is 22.9 Å². The monoisotopic (exact) mass is 349 g/mol. The van der Waals surface area contributed by atoms with E-state index >= 15 is 0 Å². The standard InChI is InChI=1S/C17H16ClNO3S/c1-11-3-2-4-12(7-11)9-23-10-16(20)19-15-8-13(18)5-6-14(15)17(21)22/h2-8H,9-10H2,1H3,(H,19,20)(H,21,22). The third-order valence-corrected chi connectivity index (χ3v) is 4.31. The van der Waals surface area contributed by atoms with Crippen molar-refractivity contribution in [2.45, 2.75) is 12.7 Å². The lowest BCUT2D eigenvalue weighted by Crippen LogP contribution is -2.16. The number of carboxylic acid groups (broad SMARTS) is 1. The summed E-state index contributed by atoms with van der Waals surface area (Å²) in [5.41, 5.74) is 2.56. The second kappa shape index (κ2) is 8.04. The molecule has 2 rings (SSSR count). The van der Waals surface area contributed by atoms with Gasteiger partial charge in [-0.3, -0.25) is 4.79 Å². The van der Waals surface area contributed by atoms with Crippen molar-refractivity contribution in [1.82, 2.24) is 0 Å². The van der Waals surface area contributed by atoms with Gasteiger partial charge in [0.05, 0.1) is 17.0 Å². The molecule has 0 saturated heterocycles. The van der Waals surface area contributed by atoms with E-state index < -0.39 is 5.97 Å². The molecule has 0 unspecified atom stereocenters. The van der Waals surface area contributed by atoms with Gasteiger partial charge in [-0.15, -0.1) is 11.8 Å². The first kappa shape index (κ1) is 17.4. The van der Waals surface area contributed by atoms with Gasteiger partial charge in [0.15, 0.2) is 0 Å². The summed E-state index contributed by atoms with van der Waals surface area (Å²) in [6.07, 6.45) is 0. The van der Waals surface area contributed by atoms with Crippen molar-refractivity contribution in [1.29, 1.82) is 0 Å². The fraction of sp³-hybridized carbons (Fsp3) is 0.176. The molecule has 6 heteroatoms. The zero-order valence-corrected chi connectivity index (χ0v) is 14.1. The minimum absolute atomic E-state index is 0.0198. The molecule has 0 aliphatic heterocycles. The van der Waals surface area contributed by atoms with Crippen LogP contribution in [0.1, 0.15) is 21.5 Å². The van der Waals surface area contributed by atoms with E-state index in [0.717, 1.165) is 11.3 Å². The SMILES string of the molecule is Cc1cccc(CSCC(=O)Nc2cc(Cl)ccc2C(=O)O)c1. The van der Waals surface area contributed by atoms with Crippen LogP contribution in [-0.2, 0) is 10.5 Å². The second-order valence-electron chi connectivity index (χ2n) is 5.03. The Labute approximate surface area is 143 Å². The van der Waals surface area contributed by atoms with Crippen molar-refractivity contribution in [3.8, 4) is 0 Å². The van der Waals surface area contributed by atoms with Gasteiger partial charge in [-0.2, -0.15) is 0 Å². The Morgan fingerprint density at radius 3 is 2.70 bits per heavy atom. The van der Waals surface area contributed by atoms with Crippen molar-refractivity contribution in [3.05, 3.63) is 64.2 Å². The minimum Gasteiger partial charge on any atom is -0.478 e. The van der Waals surface area contributed by atoms with Crippen LogP contribution in [0.25, 0.3) is 0 Å². The summed E-state index contributed by atoms with van der Waals surface area (Å²) in [5, 5.41) is 12.1. The van der Waals surface area contributed by atoms with Gasteiger partial charge in [0.1, 0.15) is 0 Å². The summed E-state index contributed by atoms with van der Waals surface area (Å²) in [4.78, 5) is 23.1. The molecule has 0 atom stereocenters. The zero-order chi connectivity index (χ0) is 16.8. The van der Waals surface area contributed by atoms with Gasteiger partial charge in [-0.25, -0.2) is 4.79 Å². The van der Waals surface area contributed by atoms with Crippen molar-refractivity contribution >= 4 is 40.9 Å². The van der Waals surface area contributed by atoms with E-state index in [9.17, 15) is 9.59 Å². The third kappa shape index (κ3) is 5.30. The summed E-state index contributed by atoms with van der Waals surface area (Å²) in [5.74, 6) is -0.410. The molecular formula is C17H16ClNO3S. The van der Waals surface area contributed by atoms with Crippen LogP contribution in [-0.4, -0.2) is 22.7 Å². The molecule has 23 heavy (non-hydrogen) atoms. The lowest BCUT2D eigenvalue weighted by molar-refractivity contribution is -0.113. The Balaban J connectivity index is 1.92. The number of nitrogens with one attached hydrogen (secondary N) is 1. The summed E-state index contributed by atoms with van der Waals surface area (Å²) in [7, 11) is 0. The molecular weight excluding hydrogens is 334 g/mol. The smallest absolute Gasteiger partial charge is 0.337 e. The van der Waals surface area contributed by atoms with Crippen LogP contribution < -0.4 is 5.32 Å². The van der Waals surface area contributed by atoms with Crippen LogP contribution in [0.4, 0.5) is 5.69 Å². The predicted molar refractivity (Wildman–Crippen MR) is 94.4 cm³/mol. The lowest BCUT2D eigenvalue weighted by atomic mass is 10.2. The summed E-state index contributed by atoms with van der Waals surface area (Å²) >= 11 is 7.32. The number of halogens is 1. The predicted octanol–water partition coefficient (Wildman–Crippen LogP) is 4.22. The number of rotatable bonds is 6. The van der Waals surface area contributed by atoms with Crippen LogP contribution in [0.15, 0.2) is 42.5 Å². The Morgan fingerprint density at radius 2 is 2.00 bits per heavy atom. The molecule has 0 radical (unpaired) electrons. The van der Waals surface area contributed by atoms with Gasteiger partial charge in [-0.05, 0) is 30.7 Å². The molecule has 0 spiro atoms. The second-order valence-corrected chi connectivity index (χ2v) is 6.45. The average molecular weight is 350 g/mol. The maximum absolute atomic E-state index is 12.0. The van der Waals surface area contributed by atoms with Gasteiger partial charge in [-0.1, -0.05) is 41.4 Å². The number of aryl methyl sites for hydroxylation is 1. The Kier molecular flexibility index (Phi) is 6.07. The Bertz CT molecular complexity index is 734. The summed E-state index contributed by atoms with van der Waals surface area (Å²) in [6.45, 7) is 2.02. The number of carbonyl (C=O) groups is 2. The van der Waals surface area contributed by atoms with E-state index in [1.807, 2.05) is 25.1 Å². The molecule has 120 valence electrons. The van der Waals surface area contributed by atoms with Crippen molar-refractivity contribution < 1.29 is 14.7 Å². The van der Waals surface area contributed by atoms with Crippen LogP contribution in [0.5, 0.6) is 0 Å². The van der Waals surface area contributed by atoms with Crippen molar-refractivity contribution in [3.63, 3.8) is 0 Å². The number of carboxylic acids is 1. The van der Waals surface area contributed by atoms with Crippen LogP contribution >= 0.6 is 23.4 Å². The van der Waals surface area contributed by atoms with Crippen LogP contribution in [0, 0.1) is 6.92 Å². The quantitative estimate of drug-likeness (QED) is 0.819. The molecule has 0 fully saturated rings. The topological polar surface area (TPSA) is 66.4 Å². The number of hydrogen-bond acceptors (Lipinski definition) is 3. The highest BCUT2D eigenvalue weighted by molar-refractivity contribution is 7.99. The summed E-state index contributed by atoms with van der Waals surface area (Å²) < 4.78 is 0. The molecule has 0 aliphatic carbocycles. The average Bonchev–Trinajstić information content (AvgIpc) is 2.47. The fourth-order valence-electron chi connectivity index (χ4n) is 2.06. The van der Waals surface area contributed by atoms with E-state index in [0.29, 0.717) is 5.02 Å². The van der Waals surface area contributed by atoms with E-state index in [4.69, 9.17) is 16.7 Å². The van der Waals surface area contributed by atoms with Crippen LogP contribution in [0.3, 0.4) is 0 Å². The highest BCUT2D eigenvalue weighted by atomic mass is 35.5. The van der Waals surface area contributed by atoms with E-state index in [1.165, 1.54) is 35.5 Å². The maximum Gasteiger partial charge on any atom is 0.337 e. The molecule has 0 aromatic heterocycles. The number of anilines is 1. The molecule has 2 aromatic carbocycles. The zero-order valence-electron chi connectivity index (χ0n) is 12.5. The Hall–Kier alpha value is -1.98. The number of hydrogen-bond donors (Lipinski definition) is 2. The maximum atomic E-state index is 12.0. The van der Waals surface area contributed by atoms with Crippen molar-refractivity contribution in [2.75, 3.05) is 11.1 Å². The number of aromatic carboxylic acids is 1. The van der Waals surface area contributed by atoms with E-state index in [2.05, 4.69) is 11.4 Å². The molecule has 0 aliphatic rings. The first-order valence-corrected chi connectivity index (χ1v) is 8.45. The van der Waals surface area contributed by atoms with Gasteiger partial charge < -0.3 is 10.4 Å². The van der Waals surface area contributed by atoms with Gasteiger partial charge in [0.2, 0.25) is 5.91 Å². The number of thioether (sulfide) groups is 1. The molecule has 0 heterocycles. The van der Waals surface area contributed by atoms with Gasteiger partial charge in [0, 0.05) is 10.8 Å². The number of carbonyl (C=O) groups excluding carboxylic acids is 1. The highest BCUT2D eigenvalue weighted by Crippen LogP contribution is 2.22. The minimum atomic E-state index is -1.11. The molecule has 0 bridgehead atoms. The third-order valence-electron chi connectivity index (χ3n) is 3.07. The number of benzene rings is 2. The fourth-order valence-corrected chi connectivity index (χ4v) is 3.00. The summed E-state index contributed by atoms with van der Waals surface area (Å²) in [6, 6.07) is 12.4. The van der Waals surface area contributed by atoms with E-state index in [1.54, 1.807) is 0 Å². The highest BCUT2D eigenvalue weighted by Gasteiger charge is 2.13.